The number of piperidine rings is 1. The molecule has 8 nitrogen and oxygen atoms in total. The normalized spacial score (nSPS) is 19.2. The number of methoxy groups -OCH3 is 1. The van der Waals surface area contributed by atoms with Crippen molar-refractivity contribution >= 4 is 29.2 Å². The van der Waals surface area contributed by atoms with Crippen molar-refractivity contribution in [1.82, 2.24) is 15.3 Å². The molecule has 2 atom stereocenters. The summed E-state index contributed by atoms with van der Waals surface area (Å²) < 4.78 is 20.1. The molecule has 1 saturated heterocycles. The largest absolute Gasteiger partial charge is 0.478 e. The number of hydrogen-bond acceptors (Lipinski definition) is 5. The van der Waals surface area contributed by atoms with Crippen molar-refractivity contribution < 1.29 is 23.8 Å². The number of amides is 1. The van der Waals surface area contributed by atoms with Crippen molar-refractivity contribution in [2.75, 3.05) is 25.1 Å². The summed E-state index contributed by atoms with van der Waals surface area (Å²) >= 11 is 5.99. The molecular formula is C19H22ClFN4O4. The minimum Gasteiger partial charge on any atom is -0.478 e. The number of aryl methyl sites for hydroxylation is 1. The summed E-state index contributed by atoms with van der Waals surface area (Å²) in [4.78, 5) is 32.4. The predicted molar refractivity (Wildman–Crippen MR) is 105 cm³/mol. The Labute approximate surface area is 172 Å². The number of benzene rings is 1. The van der Waals surface area contributed by atoms with E-state index in [2.05, 4.69) is 15.3 Å². The van der Waals surface area contributed by atoms with E-state index in [0.717, 1.165) is 0 Å². The number of hydrogen-bond donors (Lipinski definition) is 3. The number of aromatic carboxylic acids is 1. The highest BCUT2D eigenvalue weighted by atomic mass is 35.5. The number of aromatic nitrogens is 2. The lowest BCUT2D eigenvalue weighted by molar-refractivity contribution is 0.0536. The fourth-order valence-electron chi connectivity index (χ4n) is 3.44. The number of H-pyrrole nitrogens is 1. The zero-order valence-corrected chi connectivity index (χ0v) is 16.8. The van der Waals surface area contributed by atoms with Gasteiger partial charge in [-0.25, -0.2) is 14.2 Å². The van der Waals surface area contributed by atoms with Gasteiger partial charge in [-0.05, 0) is 25.0 Å². The molecule has 2 aromatic rings. The number of anilines is 1. The molecule has 3 rings (SSSR count). The molecule has 1 amide bonds. The Kier molecular flexibility index (Phi) is 6.39. The molecule has 0 saturated carbocycles. The first kappa shape index (κ1) is 21.1. The lowest BCUT2D eigenvalue weighted by atomic mass is 10.00. The van der Waals surface area contributed by atoms with Crippen LogP contribution in [0.15, 0.2) is 18.2 Å². The van der Waals surface area contributed by atoms with Gasteiger partial charge in [0, 0.05) is 20.2 Å². The molecule has 0 aliphatic carbocycles. The quantitative estimate of drug-likeness (QED) is 0.657. The van der Waals surface area contributed by atoms with Crippen LogP contribution < -0.4 is 10.2 Å². The Bertz CT molecular complexity index is 920. The standard InChI is InChI=1S/C19H22ClFN4O4/c1-3-11-16(20)24-17(22-11)18(26)23-12-7-8-25(9-14(12)29-2)13-6-4-5-10(15(13)21)19(27)28/h4-6,12,14H,3,7-9H2,1-2H3,(H,22,24)(H,23,26)(H,27,28)/t12-,14+/m0/s1. The van der Waals surface area contributed by atoms with Crippen LogP contribution in [0, 0.1) is 5.82 Å². The minimum absolute atomic E-state index is 0.129. The number of carbonyl (C=O) groups is 2. The van der Waals surface area contributed by atoms with Crippen LogP contribution in [0.3, 0.4) is 0 Å². The Morgan fingerprint density at radius 3 is 2.86 bits per heavy atom. The molecule has 1 aromatic carbocycles. The molecule has 1 fully saturated rings. The number of halogens is 2. The Hall–Kier alpha value is -2.65. The van der Waals surface area contributed by atoms with Crippen LogP contribution in [-0.2, 0) is 11.2 Å². The second-order valence-corrected chi connectivity index (χ2v) is 7.10. The van der Waals surface area contributed by atoms with E-state index >= 15 is 0 Å². The third-order valence-corrected chi connectivity index (χ3v) is 5.34. The first-order chi connectivity index (χ1) is 13.8. The first-order valence-corrected chi connectivity index (χ1v) is 9.58. The predicted octanol–water partition coefficient (Wildman–Crippen LogP) is 2.49. The van der Waals surface area contributed by atoms with Gasteiger partial charge in [0.05, 0.1) is 29.1 Å². The van der Waals surface area contributed by atoms with E-state index in [0.29, 0.717) is 31.6 Å². The SMILES string of the molecule is CCc1[nH]c(C(=O)N[C@H]2CCN(c3cccc(C(=O)O)c3F)C[C@H]2OC)nc1Cl. The zero-order chi connectivity index (χ0) is 21.1. The topological polar surface area (TPSA) is 108 Å². The van der Waals surface area contributed by atoms with Gasteiger partial charge in [0.25, 0.3) is 5.91 Å². The van der Waals surface area contributed by atoms with Crippen molar-refractivity contribution in [1.29, 1.82) is 0 Å². The maximum Gasteiger partial charge on any atom is 0.338 e. The number of aromatic amines is 1. The summed E-state index contributed by atoms with van der Waals surface area (Å²) in [5, 5.41) is 12.3. The number of ether oxygens (including phenoxy) is 1. The smallest absolute Gasteiger partial charge is 0.338 e. The van der Waals surface area contributed by atoms with Crippen LogP contribution in [0.4, 0.5) is 10.1 Å². The Morgan fingerprint density at radius 1 is 1.48 bits per heavy atom. The fraction of sp³-hybridized carbons (Fsp3) is 0.421. The van der Waals surface area contributed by atoms with Crippen molar-refractivity contribution in [3.63, 3.8) is 0 Å². The van der Waals surface area contributed by atoms with Crippen LogP contribution in [0.2, 0.25) is 5.15 Å². The van der Waals surface area contributed by atoms with E-state index in [1.54, 1.807) is 4.90 Å². The average Bonchev–Trinajstić information content (AvgIpc) is 3.09. The third-order valence-electron chi connectivity index (χ3n) is 5.02. The van der Waals surface area contributed by atoms with Gasteiger partial charge in [0.15, 0.2) is 16.8 Å². The van der Waals surface area contributed by atoms with Gasteiger partial charge in [0.1, 0.15) is 0 Å². The average molecular weight is 425 g/mol. The van der Waals surface area contributed by atoms with Gasteiger partial charge in [-0.15, -0.1) is 0 Å². The Balaban J connectivity index is 1.72. The summed E-state index contributed by atoms with van der Waals surface area (Å²) in [6.45, 7) is 2.61. The molecule has 0 unspecified atom stereocenters. The molecule has 0 bridgehead atoms. The van der Waals surface area contributed by atoms with E-state index in [9.17, 15) is 14.0 Å². The maximum atomic E-state index is 14.6. The zero-order valence-electron chi connectivity index (χ0n) is 16.0. The summed E-state index contributed by atoms with van der Waals surface area (Å²) in [6, 6.07) is 3.94. The number of nitrogens with one attached hydrogen (secondary N) is 2. The molecule has 156 valence electrons. The van der Waals surface area contributed by atoms with Gasteiger partial charge < -0.3 is 25.0 Å². The third kappa shape index (κ3) is 4.35. The molecule has 10 heteroatoms. The molecule has 29 heavy (non-hydrogen) atoms. The highest BCUT2D eigenvalue weighted by molar-refractivity contribution is 6.30. The van der Waals surface area contributed by atoms with Crippen LogP contribution in [0.25, 0.3) is 0 Å². The van der Waals surface area contributed by atoms with Crippen LogP contribution >= 0.6 is 11.6 Å². The second-order valence-electron chi connectivity index (χ2n) is 6.74. The molecule has 1 aliphatic rings. The lowest BCUT2D eigenvalue weighted by Crippen LogP contribution is -2.55. The van der Waals surface area contributed by atoms with Crippen LogP contribution in [0.5, 0.6) is 0 Å². The number of nitrogens with zero attached hydrogens (tertiary/aromatic N) is 2. The molecule has 0 radical (unpaired) electrons. The molecule has 3 N–H and O–H groups in total. The van der Waals surface area contributed by atoms with E-state index in [1.807, 2.05) is 6.92 Å². The summed E-state index contributed by atoms with van der Waals surface area (Å²) in [5.41, 5.74) is 0.499. The molecule has 0 spiro atoms. The fourth-order valence-corrected chi connectivity index (χ4v) is 3.70. The van der Waals surface area contributed by atoms with Crippen LogP contribution in [-0.4, -0.2) is 59.3 Å². The van der Waals surface area contributed by atoms with Crippen molar-refractivity contribution in [3.8, 4) is 0 Å². The number of carboxylic acid groups (broad SMARTS) is 1. The lowest BCUT2D eigenvalue weighted by Gasteiger charge is -2.39. The number of rotatable bonds is 6. The van der Waals surface area contributed by atoms with E-state index in [4.69, 9.17) is 21.4 Å². The van der Waals surface area contributed by atoms with Crippen molar-refractivity contribution in [3.05, 3.63) is 46.3 Å². The highest BCUT2D eigenvalue weighted by Gasteiger charge is 2.33. The van der Waals surface area contributed by atoms with Crippen molar-refractivity contribution in [2.45, 2.75) is 31.9 Å². The minimum atomic E-state index is -1.32. The number of carbonyl (C=O) groups excluding carboxylic acids is 1. The maximum absolute atomic E-state index is 14.6. The van der Waals surface area contributed by atoms with Crippen LogP contribution in [0.1, 0.15) is 40.0 Å². The molecular weight excluding hydrogens is 403 g/mol. The highest BCUT2D eigenvalue weighted by Crippen LogP contribution is 2.26. The number of carboxylic acids is 1. The number of imidazole rings is 1. The second kappa shape index (κ2) is 8.79. The summed E-state index contributed by atoms with van der Waals surface area (Å²) in [5.74, 6) is -2.37. The van der Waals surface area contributed by atoms with E-state index < -0.39 is 23.8 Å². The molecule has 1 aromatic heterocycles. The van der Waals surface area contributed by atoms with Gasteiger partial charge in [-0.2, -0.15) is 0 Å². The van der Waals surface area contributed by atoms with E-state index in [1.165, 1.54) is 25.3 Å². The van der Waals surface area contributed by atoms with Gasteiger partial charge in [-0.3, -0.25) is 4.79 Å². The van der Waals surface area contributed by atoms with Gasteiger partial charge in [0.2, 0.25) is 0 Å². The molecule has 1 aliphatic heterocycles. The summed E-state index contributed by atoms with van der Waals surface area (Å²) in [7, 11) is 1.51. The van der Waals surface area contributed by atoms with Gasteiger partial charge in [-0.1, -0.05) is 24.6 Å². The summed E-state index contributed by atoms with van der Waals surface area (Å²) in [6.07, 6.45) is 0.687. The Morgan fingerprint density at radius 2 is 2.24 bits per heavy atom. The monoisotopic (exact) mass is 424 g/mol. The van der Waals surface area contributed by atoms with Gasteiger partial charge >= 0.3 is 5.97 Å². The first-order valence-electron chi connectivity index (χ1n) is 9.20. The van der Waals surface area contributed by atoms with Crippen molar-refractivity contribution in [2.24, 2.45) is 0 Å². The van der Waals surface area contributed by atoms with E-state index in [-0.39, 0.29) is 28.3 Å². The molecule has 2 heterocycles.